The largest absolute Gasteiger partial charge is 0.416 e. The first-order chi connectivity index (χ1) is 13.2. The average Bonchev–Trinajstić information content (AvgIpc) is 2.60. The normalized spacial score (nSPS) is 15.6. The number of rotatable bonds is 6. The molecule has 158 valence electrons. The molecule has 0 heterocycles. The molecule has 0 aliphatic heterocycles. The van der Waals surface area contributed by atoms with Gasteiger partial charge in [0.2, 0.25) is 0 Å². The van der Waals surface area contributed by atoms with E-state index in [9.17, 15) is 36.2 Å². The Labute approximate surface area is 161 Å². The van der Waals surface area contributed by atoms with Gasteiger partial charge >= 0.3 is 12.4 Å². The number of aliphatic hydroxyl groups is 1. The van der Waals surface area contributed by atoms with Gasteiger partial charge in [-0.25, -0.2) is 0 Å². The van der Waals surface area contributed by atoms with Crippen molar-refractivity contribution in [3.8, 4) is 0 Å². The molecular formula is C19H17F6NO3. The van der Waals surface area contributed by atoms with Gasteiger partial charge in [-0.05, 0) is 36.2 Å². The molecule has 2 atom stereocenters. The smallest absolute Gasteiger partial charge is 0.377 e. The molecular weight excluding hydrogens is 404 g/mol. The number of amides is 1. The number of carbonyl (C=O) groups excluding carboxylic acids is 1. The Hall–Kier alpha value is -2.59. The predicted octanol–water partition coefficient (Wildman–Crippen LogP) is 4.22. The third-order valence-corrected chi connectivity index (χ3v) is 4.18. The number of ether oxygens (including phenoxy) is 1. The number of hydrogen-bond donors (Lipinski definition) is 2. The van der Waals surface area contributed by atoms with Crippen LogP contribution >= 0.6 is 0 Å². The minimum absolute atomic E-state index is 0.00223. The summed E-state index contributed by atoms with van der Waals surface area (Å²) in [5, 5.41) is 10.4. The maximum Gasteiger partial charge on any atom is 0.416 e. The lowest BCUT2D eigenvalue weighted by Gasteiger charge is -2.30. The van der Waals surface area contributed by atoms with Crippen LogP contribution in [0.25, 0.3) is 0 Å². The minimum Gasteiger partial charge on any atom is -0.377 e. The lowest BCUT2D eigenvalue weighted by atomic mass is 9.92. The fourth-order valence-electron chi connectivity index (χ4n) is 2.62. The molecule has 2 aromatic rings. The van der Waals surface area contributed by atoms with Crippen molar-refractivity contribution in [1.29, 1.82) is 0 Å². The molecule has 2 rings (SSSR count). The Morgan fingerprint density at radius 1 is 1.00 bits per heavy atom. The minimum atomic E-state index is -5.01. The van der Waals surface area contributed by atoms with E-state index < -0.39 is 53.3 Å². The number of benzene rings is 2. The summed E-state index contributed by atoms with van der Waals surface area (Å²) in [6.07, 6.45) is -11.4. The van der Waals surface area contributed by atoms with Gasteiger partial charge in [-0.2, -0.15) is 26.3 Å². The highest BCUT2D eigenvalue weighted by Crippen LogP contribution is 2.37. The molecule has 2 unspecified atom stereocenters. The van der Waals surface area contributed by atoms with E-state index in [2.05, 4.69) is 0 Å². The summed E-state index contributed by atoms with van der Waals surface area (Å²) >= 11 is 0. The van der Waals surface area contributed by atoms with Gasteiger partial charge < -0.3 is 15.6 Å². The first-order valence-corrected chi connectivity index (χ1v) is 8.20. The van der Waals surface area contributed by atoms with E-state index in [0.29, 0.717) is 12.1 Å². The van der Waals surface area contributed by atoms with Crippen molar-refractivity contribution in [3.05, 3.63) is 70.8 Å². The third kappa shape index (κ3) is 5.48. The van der Waals surface area contributed by atoms with Crippen LogP contribution in [-0.4, -0.2) is 16.6 Å². The van der Waals surface area contributed by atoms with Crippen molar-refractivity contribution in [1.82, 2.24) is 0 Å². The fourth-order valence-corrected chi connectivity index (χ4v) is 2.62. The van der Waals surface area contributed by atoms with Crippen LogP contribution in [0.15, 0.2) is 48.5 Å². The highest BCUT2D eigenvalue weighted by Gasteiger charge is 2.40. The van der Waals surface area contributed by atoms with Crippen LogP contribution in [0.5, 0.6) is 0 Å². The Kier molecular flexibility index (Phi) is 6.29. The number of primary amides is 1. The first-order valence-electron chi connectivity index (χ1n) is 8.20. The van der Waals surface area contributed by atoms with Crippen molar-refractivity contribution in [2.75, 3.05) is 0 Å². The zero-order chi connectivity index (χ0) is 22.0. The maximum absolute atomic E-state index is 13.0. The molecule has 0 radical (unpaired) electrons. The second-order valence-corrected chi connectivity index (χ2v) is 6.53. The fraction of sp³-hybridized carbons (Fsp3) is 0.316. The summed E-state index contributed by atoms with van der Waals surface area (Å²) in [4.78, 5) is 11.6. The van der Waals surface area contributed by atoms with Crippen LogP contribution in [0.1, 0.15) is 35.3 Å². The SMILES string of the molecule is CC(O)(C(N)=O)C(OCc1cc(C(F)(F)F)cc(C(F)(F)F)c1)c1ccccc1. The summed E-state index contributed by atoms with van der Waals surface area (Å²) in [5.74, 6) is -1.17. The molecule has 3 N–H and O–H groups in total. The first kappa shape index (κ1) is 22.7. The lowest BCUT2D eigenvalue weighted by molar-refractivity contribution is -0.155. The zero-order valence-electron chi connectivity index (χ0n) is 15.0. The van der Waals surface area contributed by atoms with Crippen molar-refractivity contribution < 1.29 is 41.0 Å². The highest BCUT2D eigenvalue weighted by molar-refractivity contribution is 5.83. The van der Waals surface area contributed by atoms with Crippen molar-refractivity contribution in [3.63, 3.8) is 0 Å². The summed E-state index contributed by atoms with van der Waals surface area (Å²) in [6.45, 7) is 0.302. The monoisotopic (exact) mass is 421 g/mol. The van der Waals surface area contributed by atoms with Crippen LogP contribution in [0.3, 0.4) is 0 Å². The third-order valence-electron chi connectivity index (χ3n) is 4.18. The van der Waals surface area contributed by atoms with Crippen molar-refractivity contribution in [2.24, 2.45) is 5.73 Å². The number of hydrogen-bond acceptors (Lipinski definition) is 3. The van der Waals surface area contributed by atoms with E-state index >= 15 is 0 Å². The molecule has 29 heavy (non-hydrogen) atoms. The molecule has 0 fully saturated rings. The van der Waals surface area contributed by atoms with E-state index in [4.69, 9.17) is 10.5 Å². The van der Waals surface area contributed by atoms with E-state index in [1.54, 1.807) is 18.2 Å². The van der Waals surface area contributed by atoms with Crippen molar-refractivity contribution >= 4 is 5.91 Å². The molecule has 0 spiro atoms. The number of carbonyl (C=O) groups is 1. The molecule has 4 nitrogen and oxygen atoms in total. The molecule has 0 bridgehead atoms. The molecule has 2 aromatic carbocycles. The molecule has 0 aromatic heterocycles. The summed E-state index contributed by atoms with van der Waals surface area (Å²) in [7, 11) is 0. The number of halogens is 6. The van der Waals surface area contributed by atoms with Gasteiger partial charge in [-0.15, -0.1) is 0 Å². The van der Waals surface area contributed by atoms with Gasteiger partial charge in [0.1, 0.15) is 6.10 Å². The van der Waals surface area contributed by atoms with Gasteiger partial charge in [0, 0.05) is 0 Å². The highest BCUT2D eigenvalue weighted by atomic mass is 19.4. The van der Waals surface area contributed by atoms with Gasteiger partial charge in [-0.3, -0.25) is 4.79 Å². The maximum atomic E-state index is 13.0. The Balaban J connectivity index is 2.42. The van der Waals surface area contributed by atoms with Crippen molar-refractivity contribution in [2.45, 2.75) is 37.6 Å². The van der Waals surface area contributed by atoms with Gasteiger partial charge in [-0.1, -0.05) is 30.3 Å². The Morgan fingerprint density at radius 3 is 1.90 bits per heavy atom. The Morgan fingerprint density at radius 2 is 1.48 bits per heavy atom. The summed E-state index contributed by atoms with van der Waals surface area (Å²) < 4.78 is 83.3. The van der Waals surface area contributed by atoms with E-state index in [1.807, 2.05) is 0 Å². The predicted molar refractivity (Wildman–Crippen MR) is 90.2 cm³/mol. The van der Waals surface area contributed by atoms with Crippen LogP contribution in [-0.2, 0) is 28.5 Å². The molecule has 1 amide bonds. The summed E-state index contributed by atoms with van der Waals surface area (Å²) in [6, 6.07) is 8.68. The molecule has 0 aliphatic carbocycles. The lowest BCUT2D eigenvalue weighted by Crippen LogP contribution is -2.47. The van der Waals surface area contributed by atoms with Crippen LogP contribution in [0.4, 0.5) is 26.3 Å². The summed E-state index contributed by atoms with van der Waals surface area (Å²) in [5.41, 5.74) is -0.261. The molecule has 0 saturated heterocycles. The van der Waals surface area contributed by atoms with E-state index in [-0.39, 0.29) is 11.6 Å². The number of alkyl halides is 6. The molecule has 0 aliphatic rings. The van der Waals surface area contributed by atoms with E-state index in [1.165, 1.54) is 12.1 Å². The molecule has 0 saturated carbocycles. The average molecular weight is 421 g/mol. The Bertz CT molecular complexity index is 830. The van der Waals surface area contributed by atoms with Gasteiger partial charge in [0.15, 0.2) is 5.60 Å². The topological polar surface area (TPSA) is 72.5 Å². The van der Waals surface area contributed by atoms with Crippen LogP contribution in [0.2, 0.25) is 0 Å². The molecule has 10 heteroatoms. The van der Waals surface area contributed by atoms with Crippen LogP contribution in [0, 0.1) is 0 Å². The standard InChI is InChI=1S/C19H17F6NO3/c1-17(28,16(26)27)15(12-5-3-2-4-6-12)29-10-11-7-13(18(20,21)22)9-14(8-11)19(23,24)25/h2-9,15,28H,10H2,1H3,(H2,26,27). The number of nitrogens with two attached hydrogens (primary N) is 1. The van der Waals surface area contributed by atoms with Crippen LogP contribution < -0.4 is 5.73 Å². The van der Waals surface area contributed by atoms with E-state index in [0.717, 1.165) is 6.92 Å². The second-order valence-electron chi connectivity index (χ2n) is 6.53. The van der Waals surface area contributed by atoms with Gasteiger partial charge in [0.25, 0.3) is 5.91 Å². The second kappa shape index (κ2) is 8.03. The quantitative estimate of drug-likeness (QED) is 0.687. The van der Waals surface area contributed by atoms with Gasteiger partial charge in [0.05, 0.1) is 17.7 Å². The zero-order valence-corrected chi connectivity index (χ0v) is 15.0.